The molecule has 3 heterocycles. The Morgan fingerprint density at radius 3 is 2.45 bits per heavy atom. The fourth-order valence-corrected chi connectivity index (χ4v) is 7.86. The average Bonchev–Trinajstić information content (AvgIpc) is 2.90. The highest BCUT2D eigenvalue weighted by Gasteiger charge is 2.41. The van der Waals surface area contributed by atoms with Crippen LogP contribution in [0.15, 0.2) is 77.1 Å². The van der Waals surface area contributed by atoms with Crippen molar-refractivity contribution in [2.24, 2.45) is 4.99 Å². The van der Waals surface area contributed by atoms with Gasteiger partial charge in [0.25, 0.3) is 0 Å². The lowest BCUT2D eigenvalue weighted by Gasteiger charge is -2.32. The van der Waals surface area contributed by atoms with Crippen LogP contribution in [-0.2, 0) is 14.0 Å². The molecule has 2 aromatic carbocycles. The topological polar surface area (TPSA) is 54.1 Å². The first-order chi connectivity index (χ1) is 16.2. The Labute approximate surface area is 193 Å². The average molecular weight is 460 g/mol. The molecule has 0 spiro atoms. The summed E-state index contributed by atoms with van der Waals surface area (Å²) in [5, 5.41) is 2.49. The van der Waals surface area contributed by atoms with Crippen molar-refractivity contribution in [1.82, 2.24) is 0 Å². The third kappa shape index (κ3) is 3.63. The summed E-state index contributed by atoms with van der Waals surface area (Å²) in [6.45, 7) is 6.19. The van der Waals surface area contributed by atoms with Gasteiger partial charge in [-0.3, -0.25) is 0 Å². The summed E-state index contributed by atoms with van der Waals surface area (Å²) < 4.78 is 28.6. The van der Waals surface area contributed by atoms with E-state index in [2.05, 4.69) is 33.8 Å². The Kier molecular flexibility index (Phi) is 5.37. The van der Waals surface area contributed by atoms with Gasteiger partial charge in [0.2, 0.25) is 5.71 Å². The Morgan fingerprint density at radius 2 is 1.67 bits per heavy atom. The normalized spacial score (nSPS) is 24.7. The fraction of sp³-hybridized carbons (Fsp3) is 0.308. The minimum atomic E-state index is -3.11. The molecule has 33 heavy (non-hydrogen) atoms. The highest BCUT2D eigenvalue weighted by Crippen LogP contribution is 2.57. The molecule has 7 heteroatoms. The maximum absolute atomic E-state index is 15.2. The smallest absolute Gasteiger partial charge is 0.200 e. The molecule has 6 rings (SSSR count). The van der Waals surface area contributed by atoms with E-state index >= 15 is 4.57 Å². The van der Waals surface area contributed by atoms with Gasteiger partial charge in [-0.1, -0.05) is 30.3 Å². The van der Waals surface area contributed by atoms with Crippen molar-refractivity contribution in [3.63, 3.8) is 0 Å². The standard InChI is InChI=1S/C26H27N3O3P/c30-33(22-4-2-1-3-5-22)25-18-20(28-10-14-31-15-11-28)6-8-23(25)27-24-9-7-21(19-26(24)33)29-12-16-32-17-13-29/h1-9,18-19H,10-17H2/q+1. The van der Waals surface area contributed by atoms with Crippen LogP contribution in [0.25, 0.3) is 0 Å². The summed E-state index contributed by atoms with van der Waals surface area (Å²) >= 11 is 0. The van der Waals surface area contributed by atoms with Crippen molar-refractivity contribution in [1.29, 1.82) is 0 Å². The van der Waals surface area contributed by atoms with E-state index < -0.39 is 7.14 Å². The van der Waals surface area contributed by atoms with Crippen LogP contribution in [0.5, 0.6) is 0 Å². The molecule has 4 aliphatic rings. The second kappa shape index (κ2) is 8.53. The molecule has 2 saturated heterocycles. The van der Waals surface area contributed by atoms with Crippen LogP contribution >= 0.6 is 7.14 Å². The highest BCUT2D eigenvalue weighted by molar-refractivity contribution is 7.84. The molecule has 0 N–H and O–H groups in total. The van der Waals surface area contributed by atoms with E-state index in [0.717, 1.165) is 64.9 Å². The zero-order valence-electron chi connectivity index (χ0n) is 18.5. The van der Waals surface area contributed by atoms with Crippen molar-refractivity contribution >= 4 is 40.5 Å². The second-order valence-electron chi connectivity index (χ2n) is 8.60. The van der Waals surface area contributed by atoms with Crippen molar-refractivity contribution in [2.45, 2.75) is 0 Å². The van der Waals surface area contributed by atoms with Crippen molar-refractivity contribution in [3.05, 3.63) is 72.1 Å². The summed E-state index contributed by atoms with van der Waals surface area (Å²) in [6.07, 6.45) is 6.22. The molecule has 0 saturated carbocycles. The van der Waals surface area contributed by atoms with E-state index in [-0.39, 0.29) is 0 Å². The van der Waals surface area contributed by atoms with Gasteiger partial charge in [0.1, 0.15) is 13.2 Å². The first-order valence-corrected chi connectivity index (χ1v) is 13.3. The summed E-state index contributed by atoms with van der Waals surface area (Å²) in [5.41, 5.74) is 3.75. The summed E-state index contributed by atoms with van der Waals surface area (Å²) in [6, 6.07) is 16.1. The van der Waals surface area contributed by atoms with E-state index in [1.54, 1.807) is 0 Å². The predicted octanol–water partition coefficient (Wildman–Crippen LogP) is 2.86. The minimum absolute atomic E-state index is 0.712. The van der Waals surface area contributed by atoms with E-state index in [4.69, 9.17) is 14.5 Å². The van der Waals surface area contributed by atoms with Crippen molar-refractivity contribution in [2.75, 3.05) is 57.5 Å². The molecule has 1 aliphatic carbocycles. The van der Waals surface area contributed by atoms with E-state index in [9.17, 15) is 0 Å². The largest absolute Gasteiger partial charge is 0.378 e. The quantitative estimate of drug-likeness (QED) is 0.393. The van der Waals surface area contributed by atoms with Crippen molar-refractivity contribution < 1.29 is 18.6 Å². The maximum atomic E-state index is 15.2. The molecule has 0 bridgehead atoms. The van der Waals surface area contributed by atoms with Crippen LogP contribution < -0.4 is 15.5 Å². The fourth-order valence-electron chi connectivity index (χ4n) is 4.93. The number of ether oxygens (including phenoxy) is 2. The van der Waals surface area contributed by atoms with E-state index in [1.165, 1.54) is 0 Å². The molecule has 0 radical (unpaired) electrons. The third-order valence-electron chi connectivity index (χ3n) is 6.71. The molecule has 1 atom stereocenters. The number of hydrogen-bond acceptors (Lipinski definition) is 5. The van der Waals surface area contributed by atoms with Crippen LogP contribution in [-0.4, -0.2) is 68.6 Å². The SMILES string of the molecule is O=P1(c2ccccc2)C2=CC(=[N+]3CCOCC3)C=CC2=Nc2ccc(N3CCOCC3)cc21. The van der Waals surface area contributed by atoms with Crippen molar-refractivity contribution in [3.8, 4) is 0 Å². The molecule has 2 fully saturated rings. The molecule has 1 unspecified atom stereocenters. The van der Waals surface area contributed by atoms with Gasteiger partial charge in [0.05, 0.1) is 29.9 Å². The number of morpholine rings is 2. The number of anilines is 1. The Bertz CT molecular complexity index is 1250. The van der Waals surface area contributed by atoms with Gasteiger partial charge < -0.3 is 18.9 Å². The lowest BCUT2D eigenvalue weighted by molar-refractivity contribution is -0.547. The molecule has 168 valence electrons. The highest BCUT2D eigenvalue weighted by atomic mass is 31.2. The minimum Gasteiger partial charge on any atom is -0.378 e. The zero-order valence-corrected chi connectivity index (χ0v) is 19.4. The summed E-state index contributed by atoms with van der Waals surface area (Å²) in [5.74, 6) is 0. The lowest BCUT2D eigenvalue weighted by atomic mass is 10.1. The number of benzene rings is 2. The van der Waals surface area contributed by atoms with Gasteiger partial charge in [-0.2, -0.15) is 0 Å². The van der Waals surface area contributed by atoms with Crippen LogP contribution in [0.3, 0.4) is 0 Å². The molecule has 0 aromatic heterocycles. The molecular formula is C26H27N3O3P+. The van der Waals surface area contributed by atoms with Gasteiger partial charge in [0, 0.05) is 41.5 Å². The monoisotopic (exact) mass is 460 g/mol. The van der Waals surface area contributed by atoms with Gasteiger partial charge in [-0.25, -0.2) is 9.57 Å². The Morgan fingerprint density at radius 1 is 0.909 bits per heavy atom. The van der Waals surface area contributed by atoms with Gasteiger partial charge in [-0.05, 0) is 24.3 Å². The molecule has 6 nitrogen and oxygen atoms in total. The van der Waals surface area contributed by atoms with Gasteiger partial charge in [0.15, 0.2) is 20.2 Å². The molecule has 0 amide bonds. The lowest BCUT2D eigenvalue weighted by Crippen LogP contribution is -2.37. The van der Waals surface area contributed by atoms with Crippen LogP contribution in [0.1, 0.15) is 0 Å². The Hall–Kier alpha value is -2.79. The van der Waals surface area contributed by atoms with Crippen LogP contribution in [0.4, 0.5) is 11.4 Å². The number of aliphatic imine (C=N–C) groups is 1. The number of rotatable bonds is 2. The Balaban J connectivity index is 1.54. The number of allylic oxidation sites excluding steroid dienone is 4. The zero-order chi connectivity index (χ0) is 22.3. The number of fused-ring (bicyclic) bond motifs is 2. The molecule has 2 aromatic rings. The molecule has 3 aliphatic heterocycles. The molecular weight excluding hydrogens is 433 g/mol. The number of nitrogens with zero attached hydrogens (tertiary/aromatic N) is 3. The predicted molar refractivity (Wildman–Crippen MR) is 133 cm³/mol. The third-order valence-corrected chi connectivity index (χ3v) is 9.81. The first-order valence-electron chi connectivity index (χ1n) is 11.6. The van der Waals surface area contributed by atoms with E-state index in [0.29, 0.717) is 26.4 Å². The second-order valence-corrected chi connectivity index (χ2v) is 11.3. The maximum Gasteiger partial charge on any atom is 0.200 e. The summed E-state index contributed by atoms with van der Waals surface area (Å²) in [7, 11) is -3.11. The van der Waals surface area contributed by atoms with Crippen LogP contribution in [0, 0.1) is 0 Å². The first kappa shape index (κ1) is 20.8. The van der Waals surface area contributed by atoms with Gasteiger partial charge in [-0.15, -0.1) is 0 Å². The van der Waals surface area contributed by atoms with Gasteiger partial charge >= 0.3 is 0 Å². The van der Waals surface area contributed by atoms with E-state index in [1.807, 2.05) is 42.5 Å². The number of hydrogen-bond donors (Lipinski definition) is 0. The van der Waals surface area contributed by atoms with Crippen LogP contribution in [0.2, 0.25) is 0 Å². The summed E-state index contributed by atoms with van der Waals surface area (Å²) in [4.78, 5) is 7.25.